The summed E-state index contributed by atoms with van der Waals surface area (Å²) >= 11 is 6.13. The molecule has 2 aliphatic heterocycles. The minimum absolute atomic E-state index is 0.548. The van der Waals surface area contributed by atoms with Crippen LogP contribution in [0.4, 0.5) is 0 Å². The second-order valence-corrected chi connectivity index (χ2v) is 10.2. The van der Waals surface area contributed by atoms with Crippen molar-refractivity contribution in [2.75, 3.05) is 32.8 Å². The van der Waals surface area contributed by atoms with Gasteiger partial charge in [0.05, 0.1) is 18.9 Å². The molecule has 1 saturated carbocycles. The van der Waals surface area contributed by atoms with Gasteiger partial charge in [-0.2, -0.15) is 5.10 Å². The van der Waals surface area contributed by atoms with Crippen LogP contribution in [-0.4, -0.2) is 70.6 Å². The molecule has 3 aliphatic rings. The van der Waals surface area contributed by atoms with Gasteiger partial charge in [-0.1, -0.05) is 23.7 Å². The molecule has 5 nitrogen and oxygen atoms in total. The lowest BCUT2D eigenvalue weighted by Gasteiger charge is -2.52. The molecular formula is C25H35ClN4O. The molecule has 0 N–H and O–H groups in total. The van der Waals surface area contributed by atoms with Crippen molar-refractivity contribution in [2.45, 2.75) is 63.1 Å². The summed E-state index contributed by atoms with van der Waals surface area (Å²) in [5, 5.41) is 5.59. The van der Waals surface area contributed by atoms with E-state index in [0.717, 1.165) is 44.3 Å². The van der Waals surface area contributed by atoms with Crippen LogP contribution in [0.25, 0.3) is 0 Å². The highest BCUT2D eigenvalue weighted by Crippen LogP contribution is 2.36. The molecule has 31 heavy (non-hydrogen) atoms. The van der Waals surface area contributed by atoms with Crippen LogP contribution in [-0.2, 0) is 18.2 Å². The van der Waals surface area contributed by atoms with Crippen LogP contribution in [0, 0.1) is 6.92 Å². The first-order valence-corrected chi connectivity index (χ1v) is 12.3. The molecule has 1 aromatic carbocycles. The maximum atomic E-state index is 6.13. The Kier molecular flexibility index (Phi) is 6.38. The highest BCUT2D eigenvalue weighted by Gasteiger charge is 2.39. The Morgan fingerprint density at radius 2 is 1.84 bits per heavy atom. The van der Waals surface area contributed by atoms with Gasteiger partial charge in [0.15, 0.2) is 0 Å². The first kappa shape index (κ1) is 21.4. The molecule has 2 aromatic rings. The molecule has 3 heterocycles. The average molecular weight is 443 g/mol. The highest BCUT2D eigenvalue weighted by atomic mass is 35.5. The molecule has 6 heteroatoms. The van der Waals surface area contributed by atoms with Crippen LogP contribution >= 0.6 is 11.6 Å². The zero-order chi connectivity index (χ0) is 21.4. The Morgan fingerprint density at radius 3 is 2.55 bits per heavy atom. The van der Waals surface area contributed by atoms with Crippen LogP contribution in [0.15, 0.2) is 30.3 Å². The third-order valence-corrected chi connectivity index (χ3v) is 8.04. The van der Waals surface area contributed by atoms with Gasteiger partial charge in [-0.25, -0.2) is 0 Å². The second-order valence-electron chi connectivity index (χ2n) is 9.74. The van der Waals surface area contributed by atoms with Gasteiger partial charge < -0.3 is 4.74 Å². The van der Waals surface area contributed by atoms with Gasteiger partial charge in [0.2, 0.25) is 0 Å². The summed E-state index contributed by atoms with van der Waals surface area (Å²) < 4.78 is 7.86. The van der Waals surface area contributed by atoms with Gasteiger partial charge >= 0.3 is 0 Å². The minimum Gasteiger partial charge on any atom is -0.378 e. The Labute approximate surface area is 191 Å². The van der Waals surface area contributed by atoms with Crippen molar-refractivity contribution < 1.29 is 4.74 Å². The molecular weight excluding hydrogens is 408 g/mol. The molecule has 3 fully saturated rings. The number of aromatic nitrogens is 2. The molecule has 2 saturated heterocycles. The topological polar surface area (TPSA) is 33.5 Å². The molecule has 168 valence electrons. The maximum Gasteiger partial charge on any atom is 0.0658 e. The number of hydrogen-bond acceptors (Lipinski definition) is 4. The molecule has 5 rings (SSSR count). The number of aryl methyl sites for hydroxylation is 2. The fraction of sp³-hybridized carbons (Fsp3) is 0.640. The highest BCUT2D eigenvalue weighted by molar-refractivity contribution is 6.30. The number of halogens is 1. The average Bonchev–Trinajstić information content (AvgIpc) is 3.13. The van der Waals surface area contributed by atoms with Crippen molar-refractivity contribution in [3.8, 4) is 0 Å². The zero-order valence-electron chi connectivity index (χ0n) is 18.8. The second kappa shape index (κ2) is 9.22. The fourth-order valence-electron chi connectivity index (χ4n) is 5.88. The van der Waals surface area contributed by atoms with Crippen molar-refractivity contribution in [1.29, 1.82) is 0 Å². The van der Waals surface area contributed by atoms with Gasteiger partial charge in [0.1, 0.15) is 0 Å². The molecule has 1 aliphatic carbocycles. The summed E-state index contributed by atoms with van der Waals surface area (Å²) in [6, 6.07) is 12.5. The summed E-state index contributed by atoms with van der Waals surface area (Å²) in [5.74, 6) is 0.616. The number of rotatable bonds is 4. The number of benzene rings is 1. The molecule has 0 bridgehead atoms. The predicted molar refractivity (Wildman–Crippen MR) is 125 cm³/mol. The molecule has 0 radical (unpaired) electrons. The van der Waals surface area contributed by atoms with Crippen molar-refractivity contribution in [2.24, 2.45) is 7.05 Å². The summed E-state index contributed by atoms with van der Waals surface area (Å²) in [6.45, 7) is 7.26. The number of fused-ring (bicyclic) bond motifs is 1. The quantitative estimate of drug-likeness (QED) is 0.715. The molecule has 2 atom stereocenters. The Bertz CT molecular complexity index is 855. The number of ether oxygens (including phenoxy) is 1. The number of piperazine rings is 1. The Morgan fingerprint density at radius 1 is 1.06 bits per heavy atom. The standard InChI is InChI=1S/C25H35ClN4O/c1-18-13-25(27-28(18)2)20-5-9-22(10-6-20)30-16-24-17-31-12-11-29(24)15-23(30)14-19-3-7-21(26)8-4-19/h3-4,7-8,13,20,22-24H,5-6,9-12,14-17H2,1-2H3/t20?,22?,23-,24+/m0/s1. The van der Waals surface area contributed by atoms with Gasteiger partial charge in [-0.3, -0.25) is 14.5 Å². The molecule has 0 amide bonds. The maximum absolute atomic E-state index is 6.13. The first-order chi connectivity index (χ1) is 15.1. The van der Waals surface area contributed by atoms with Crippen molar-refractivity contribution in [1.82, 2.24) is 19.6 Å². The lowest BCUT2D eigenvalue weighted by Crippen LogP contribution is -2.64. The van der Waals surface area contributed by atoms with Crippen LogP contribution in [0.1, 0.15) is 48.6 Å². The summed E-state index contributed by atoms with van der Waals surface area (Å²) in [4.78, 5) is 5.51. The molecule has 1 aromatic heterocycles. The predicted octanol–water partition coefficient (Wildman–Crippen LogP) is 4.04. The van der Waals surface area contributed by atoms with E-state index in [4.69, 9.17) is 21.4 Å². The van der Waals surface area contributed by atoms with Gasteiger partial charge in [-0.05, 0) is 62.8 Å². The van der Waals surface area contributed by atoms with Crippen LogP contribution in [0.2, 0.25) is 5.02 Å². The van der Waals surface area contributed by atoms with E-state index >= 15 is 0 Å². The Hall–Kier alpha value is -1.40. The lowest BCUT2D eigenvalue weighted by molar-refractivity contribution is -0.0783. The molecule has 0 spiro atoms. The molecule has 0 unspecified atom stereocenters. The number of nitrogens with zero attached hydrogens (tertiary/aromatic N) is 4. The van der Waals surface area contributed by atoms with Crippen molar-refractivity contribution in [3.05, 3.63) is 52.3 Å². The zero-order valence-corrected chi connectivity index (χ0v) is 19.6. The number of morpholine rings is 1. The Balaban J connectivity index is 1.29. The van der Waals surface area contributed by atoms with Crippen LogP contribution in [0.5, 0.6) is 0 Å². The number of hydrogen-bond donors (Lipinski definition) is 0. The first-order valence-electron chi connectivity index (χ1n) is 11.9. The van der Waals surface area contributed by atoms with Crippen molar-refractivity contribution >= 4 is 11.6 Å². The van der Waals surface area contributed by atoms with Crippen LogP contribution in [0.3, 0.4) is 0 Å². The van der Waals surface area contributed by atoms with Crippen molar-refractivity contribution in [3.63, 3.8) is 0 Å². The van der Waals surface area contributed by atoms with E-state index in [0.29, 0.717) is 24.0 Å². The van der Waals surface area contributed by atoms with Gasteiger partial charge in [-0.15, -0.1) is 0 Å². The van der Waals surface area contributed by atoms with E-state index in [9.17, 15) is 0 Å². The SMILES string of the molecule is Cc1cc(C2CCC(N3C[C@@H]4COCCN4C[C@@H]3Cc3ccc(Cl)cc3)CC2)nn1C. The summed E-state index contributed by atoms with van der Waals surface area (Å²) in [7, 11) is 2.05. The van der Waals surface area contributed by atoms with Gasteiger partial charge in [0, 0.05) is 61.4 Å². The van der Waals surface area contributed by atoms with E-state index in [2.05, 4.69) is 42.0 Å². The minimum atomic E-state index is 0.548. The third kappa shape index (κ3) is 4.70. The fourth-order valence-corrected chi connectivity index (χ4v) is 6.00. The summed E-state index contributed by atoms with van der Waals surface area (Å²) in [6.07, 6.45) is 6.13. The van der Waals surface area contributed by atoms with E-state index in [1.54, 1.807) is 0 Å². The monoisotopic (exact) mass is 442 g/mol. The van der Waals surface area contributed by atoms with E-state index in [-0.39, 0.29) is 0 Å². The summed E-state index contributed by atoms with van der Waals surface area (Å²) in [5.41, 5.74) is 3.94. The lowest BCUT2D eigenvalue weighted by atomic mass is 9.82. The normalized spacial score (nSPS) is 30.3. The van der Waals surface area contributed by atoms with E-state index < -0.39 is 0 Å². The smallest absolute Gasteiger partial charge is 0.0658 e. The largest absolute Gasteiger partial charge is 0.378 e. The van der Waals surface area contributed by atoms with Crippen LogP contribution < -0.4 is 0 Å². The van der Waals surface area contributed by atoms with Gasteiger partial charge in [0.25, 0.3) is 0 Å². The van der Waals surface area contributed by atoms with E-state index in [1.807, 2.05) is 16.8 Å². The third-order valence-electron chi connectivity index (χ3n) is 7.79. The van der Waals surface area contributed by atoms with E-state index in [1.165, 1.54) is 42.6 Å².